The summed E-state index contributed by atoms with van der Waals surface area (Å²) >= 11 is 6.91. The van der Waals surface area contributed by atoms with Gasteiger partial charge in [0.1, 0.15) is 18.0 Å². The highest BCUT2D eigenvalue weighted by Crippen LogP contribution is 2.57. The number of epoxide rings is 1. The Kier molecular flexibility index (Phi) is 3.39. The largest absolute Gasteiger partial charge is 0.490 e. The van der Waals surface area contributed by atoms with Crippen molar-refractivity contribution >= 4 is 31.9 Å². The minimum atomic E-state index is 0.0576. The van der Waals surface area contributed by atoms with Crippen molar-refractivity contribution in [1.82, 2.24) is 0 Å². The first-order valence-electron chi connectivity index (χ1n) is 7.07. The maximum absolute atomic E-state index is 6.16. The van der Waals surface area contributed by atoms with Crippen molar-refractivity contribution in [1.29, 1.82) is 0 Å². The summed E-state index contributed by atoms with van der Waals surface area (Å²) < 4.78 is 18.9. The van der Waals surface area contributed by atoms with Gasteiger partial charge in [-0.2, -0.15) is 0 Å². The van der Waals surface area contributed by atoms with E-state index in [0.29, 0.717) is 24.0 Å². The molecule has 108 valence electrons. The van der Waals surface area contributed by atoms with Gasteiger partial charge in [0, 0.05) is 17.3 Å². The molecule has 0 spiro atoms. The normalized spacial score (nSPS) is 48.5. The van der Waals surface area contributed by atoms with E-state index in [1.54, 1.807) is 4.99 Å². The van der Waals surface area contributed by atoms with Crippen LogP contribution in [0, 0.1) is 11.8 Å². The monoisotopic (exact) mass is 402 g/mol. The summed E-state index contributed by atoms with van der Waals surface area (Å²) in [5.74, 6) is 2.30. The van der Waals surface area contributed by atoms with E-state index in [-0.39, 0.29) is 18.3 Å². The van der Waals surface area contributed by atoms with Gasteiger partial charge < -0.3 is 14.2 Å². The summed E-state index contributed by atoms with van der Waals surface area (Å²) in [6, 6.07) is 0. The second-order valence-corrected chi connectivity index (χ2v) is 7.27. The van der Waals surface area contributed by atoms with Crippen LogP contribution in [0.4, 0.5) is 0 Å². The molecule has 0 aromatic rings. The predicted octanol–water partition coefficient (Wildman–Crippen LogP) is 3.64. The second-order valence-electron chi connectivity index (χ2n) is 5.95. The molecule has 0 amide bonds. The Morgan fingerprint density at radius 3 is 2.75 bits per heavy atom. The lowest BCUT2D eigenvalue weighted by Crippen LogP contribution is -2.16. The highest BCUT2D eigenvalue weighted by Gasteiger charge is 2.58. The third-order valence-corrected chi connectivity index (χ3v) is 5.70. The Labute approximate surface area is 135 Å². The maximum atomic E-state index is 6.16. The van der Waals surface area contributed by atoms with E-state index in [4.69, 9.17) is 14.2 Å². The van der Waals surface area contributed by atoms with Crippen molar-refractivity contribution in [3.63, 3.8) is 0 Å². The summed E-state index contributed by atoms with van der Waals surface area (Å²) in [6.07, 6.45) is 5.22. The summed E-state index contributed by atoms with van der Waals surface area (Å²) in [6.45, 7) is 2.14. The fourth-order valence-electron chi connectivity index (χ4n) is 3.42. The van der Waals surface area contributed by atoms with Crippen LogP contribution in [-0.2, 0) is 14.2 Å². The molecule has 4 rings (SSSR count). The molecule has 5 heteroatoms. The quantitative estimate of drug-likeness (QED) is 0.532. The lowest BCUT2D eigenvalue weighted by molar-refractivity contribution is 0.0615. The van der Waals surface area contributed by atoms with Gasteiger partial charge in [-0.1, -0.05) is 15.9 Å². The number of hydrogen-bond acceptors (Lipinski definition) is 3. The molecule has 2 saturated heterocycles. The number of fused-ring (bicyclic) bond motifs is 1. The summed E-state index contributed by atoms with van der Waals surface area (Å²) in [5, 5.41) is 0. The van der Waals surface area contributed by atoms with Gasteiger partial charge in [0.05, 0.1) is 22.8 Å². The van der Waals surface area contributed by atoms with Crippen molar-refractivity contribution in [2.75, 3.05) is 0 Å². The van der Waals surface area contributed by atoms with Crippen molar-refractivity contribution in [2.45, 2.75) is 50.3 Å². The van der Waals surface area contributed by atoms with Crippen LogP contribution in [-0.4, -0.2) is 30.5 Å². The number of allylic oxidation sites excluding steroid dienone is 1. The van der Waals surface area contributed by atoms with Crippen molar-refractivity contribution in [3.05, 3.63) is 27.0 Å². The molecule has 3 heterocycles. The van der Waals surface area contributed by atoms with E-state index < -0.39 is 0 Å². The smallest absolute Gasteiger partial charge is 0.132 e. The first-order valence-corrected chi connectivity index (χ1v) is 8.78. The molecule has 0 bridgehead atoms. The number of hydrogen-bond donors (Lipinski definition) is 0. The molecule has 3 nitrogen and oxygen atoms in total. The second kappa shape index (κ2) is 4.99. The lowest BCUT2D eigenvalue weighted by atomic mass is 10.1. The van der Waals surface area contributed by atoms with Gasteiger partial charge in [-0.3, -0.25) is 0 Å². The van der Waals surface area contributed by atoms with Crippen LogP contribution in [0.25, 0.3) is 0 Å². The minimum Gasteiger partial charge on any atom is -0.490 e. The summed E-state index contributed by atoms with van der Waals surface area (Å²) in [5.41, 5.74) is 3.01. The zero-order valence-corrected chi connectivity index (χ0v) is 14.3. The third kappa shape index (κ3) is 2.24. The van der Waals surface area contributed by atoms with Gasteiger partial charge in [-0.25, -0.2) is 0 Å². The van der Waals surface area contributed by atoms with Gasteiger partial charge in [0.2, 0.25) is 0 Å². The van der Waals surface area contributed by atoms with E-state index >= 15 is 0 Å². The van der Waals surface area contributed by atoms with Crippen LogP contribution >= 0.6 is 31.9 Å². The number of ether oxygens (including phenoxy) is 3. The minimum absolute atomic E-state index is 0.0576. The van der Waals surface area contributed by atoms with Crippen molar-refractivity contribution in [2.24, 2.45) is 11.8 Å². The van der Waals surface area contributed by atoms with Crippen LogP contribution in [0.5, 0.6) is 0 Å². The van der Waals surface area contributed by atoms with Crippen LogP contribution < -0.4 is 0 Å². The molecule has 0 aromatic heterocycles. The lowest BCUT2D eigenvalue weighted by Gasteiger charge is -2.09. The topological polar surface area (TPSA) is 31.0 Å². The first-order chi connectivity index (χ1) is 9.69. The maximum Gasteiger partial charge on any atom is 0.132 e. The molecule has 0 aromatic carbocycles. The molecular formula is C15H16Br2O3. The summed E-state index contributed by atoms with van der Waals surface area (Å²) in [4.78, 5) is 1.72. The Morgan fingerprint density at radius 2 is 2.10 bits per heavy atom. The van der Waals surface area contributed by atoms with Crippen molar-refractivity contribution in [3.8, 4) is 0 Å². The van der Waals surface area contributed by atoms with E-state index in [1.807, 2.05) is 6.08 Å². The zero-order chi connectivity index (χ0) is 13.9. The van der Waals surface area contributed by atoms with Crippen molar-refractivity contribution < 1.29 is 14.2 Å². The highest BCUT2D eigenvalue weighted by atomic mass is 79.9. The molecule has 0 unspecified atom stereocenters. The Balaban J connectivity index is 1.44. The molecule has 1 aliphatic carbocycles. The van der Waals surface area contributed by atoms with Crippen LogP contribution in [0.2, 0.25) is 0 Å². The molecule has 4 aliphatic rings. The fraction of sp³-hybridized carbons (Fsp3) is 0.667. The standard InChI is InChI=1S/C15H16Br2O3/c1-7-13(18-7)9-6-10(9)14-12(17)15-11(20-14)5-8(19-15)3-2-4-16/h3-4,7-11,13,15H,5-6H2,1H3/t2?,7-,8+,9+,10-,11+,13+,15-/m0/s1. The molecule has 3 fully saturated rings. The van der Waals surface area contributed by atoms with Gasteiger partial charge in [-0.15, -0.1) is 5.73 Å². The van der Waals surface area contributed by atoms with Crippen LogP contribution in [0.1, 0.15) is 19.8 Å². The van der Waals surface area contributed by atoms with Crippen LogP contribution in [0.3, 0.4) is 0 Å². The van der Waals surface area contributed by atoms with Gasteiger partial charge >= 0.3 is 0 Å². The fourth-order valence-corrected chi connectivity index (χ4v) is 4.37. The molecule has 3 aliphatic heterocycles. The Bertz CT molecular complexity index is 523. The van der Waals surface area contributed by atoms with E-state index in [1.165, 1.54) is 6.42 Å². The third-order valence-electron chi connectivity index (χ3n) is 4.59. The van der Waals surface area contributed by atoms with Gasteiger partial charge in [-0.05, 0) is 41.3 Å². The summed E-state index contributed by atoms with van der Waals surface area (Å²) in [7, 11) is 0. The Hall–Kier alpha value is -0.0600. The highest BCUT2D eigenvalue weighted by molar-refractivity contribution is 9.11. The molecule has 7 atom stereocenters. The molecule has 20 heavy (non-hydrogen) atoms. The molecule has 0 N–H and O–H groups in total. The number of halogens is 2. The molecular weight excluding hydrogens is 388 g/mol. The SMILES string of the molecule is C[C@@H]1O[C@H]1[C@@H]1C[C@@H]1C1=C(Br)[C@H]2O[C@H](C=C=CBr)C[C@H]2O1. The van der Waals surface area contributed by atoms with Crippen LogP contribution in [0.15, 0.2) is 27.0 Å². The van der Waals surface area contributed by atoms with Gasteiger partial charge in [0.15, 0.2) is 0 Å². The first kappa shape index (κ1) is 13.6. The Morgan fingerprint density at radius 1 is 1.30 bits per heavy atom. The average molecular weight is 404 g/mol. The molecule has 0 radical (unpaired) electrons. The van der Waals surface area contributed by atoms with Gasteiger partial charge in [0.25, 0.3) is 0 Å². The van der Waals surface area contributed by atoms with E-state index in [0.717, 1.165) is 16.7 Å². The zero-order valence-electron chi connectivity index (χ0n) is 11.1. The van der Waals surface area contributed by atoms with E-state index in [9.17, 15) is 0 Å². The number of rotatable bonds is 3. The molecule has 1 saturated carbocycles. The average Bonchev–Trinajstić information content (AvgIpc) is 3.28. The predicted molar refractivity (Wildman–Crippen MR) is 81.6 cm³/mol. The van der Waals surface area contributed by atoms with E-state index in [2.05, 4.69) is 44.5 Å².